The number of allylic oxidation sites excluding steroid dienone is 2. The summed E-state index contributed by atoms with van der Waals surface area (Å²) in [6.45, 7) is 5.46. The van der Waals surface area contributed by atoms with Gasteiger partial charge in [0.2, 0.25) is 0 Å². The zero-order chi connectivity index (χ0) is 13.8. The van der Waals surface area contributed by atoms with Gasteiger partial charge < -0.3 is 10.1 Å². The molecular formula is C15H16F2NOY-. The minimum atomic E-state index is -2.46. The van der Waals surface area contributed by atoms with Gasteiger partial charge in [0.1, 0.15) is 12.4 Å². The third kappa shape index (κ3) is 4.67. The van der Waals surface area contributed by atoms with Crippen LogP contribution in [0.3, 0.4) is 0 Å². The van der Waals surface area contributed by atoms with Gasteiger partial charge in [-0.2, -0.15) is 5.56 Å². The average molecular weight is 353 g/mol. The first-order chi connectivity index (χ1) is 9.06. The van der Waals surface area contributed by atoms with Gasteiger partial charge in [0, 0.05) is 38.4 Å². The van der Waals surface area contributed by atoms with Crippen LogP contribution in [0.15, 0.2) is 36.5 Å². The fraction of sp³-hybridized carbons (Fsp3) is 0.333. The van der Waals surface area contributed by atoms with Crippen molar-refractivity contribution in [1.29, 1.82) is 0 Å². The molecule has 1 N–H and O–H groups in total. The molecule has 20 heavy (non-hydrogen) atoms. The smallest absolute Gasteiger partial charge is 0.272 e. The fourth-order valence-electron chi connectivity index (χ4n) is 1.76. The second kappa shape index (κ2) is 7.89. The molecule has 0 bridgehead atoms. The van der Waals surface area contributed by atoms with Crippen molar-refractivity contribution in [2.24, 2.45) is 5.92 Å². The van der Waals surface area contributed by atoms with E-state index < -0.39 is 13.0 Å². The Labute approximate surface area is 143 Å². The van der Waals surface area contributed by atoms with E-state index in [1.54, 1.807) is 12.1 Å². The van der Waals surface area contributed by atoms with E-state index in [0.29, 0.717) is 11.7 Å². The molecule has 1 aliphatic heterocycles. The normalized spacial score (nSPS) is 18.1. The quantitative estimate of drug-likeness (QED) is 0.835. The molecule has 1 atom stereocenters. The maximum absolute atomic E-state index is 12.0. The Morgan fingerprint density at radius 2 is 2.05 bits per heavy atom. The molecule has 0 fully saturated rings. The minimum absolute atomic E-state index is 0. The number of ether oxygens (including phenoxy) is 1. The number of hydrogen-bond acceptors (Lipinski definition) is 2. The Hall–Kier alpha value is -0.736. The third-order valence-corrected chi connectivity index (χ3v) is 2.98. The summed E-state index contributed by atoms with van der Waals surface area (Å²) in [5.41, 5.74) is 2.78. The molecule has 2 rings (SSSR count). The monoisotopic (exact) mass is 353 g/mol. The van der Waals surface area contributed by atoms with Gasteiger partial charge in [-0.1, -0.05) is 13.5 Å². The van der Waals surface area contributed by atoms with Crippen molar-refractivity contribution in [3.8, 4) is 5.75 Å². The predicted octanol–water partition coefficient (Wildman–Crippen LogP) is 3.62. The van der Waals surface area contributed by atoms with Crippen molar-refractivity contribution >= 4 is 5.70 Å². The summed E-state index contributed by atoms with van der Waals surface area (Å²) in [5.74, 6) is 0.810. The maximum atomic E-state index is 12.0. The van der Waals surface area contributed by atoms with E-state index in [2.05, 4.69) is 24.9 Å². The van der Waals surface area contributed by atoms with Crippen molar-refractivity contribution in [2.75, 3.05) is 6.61 Å². The van der Waals surface area contributed by atoms with Gasteiger partial charge in [0.15, 0.2) is 0 Å². The van der Waals surface area contributed by atoms with Crippen LogP contribution < -0.4 is 10.1 Å². The van der Waals surface area contributed by atoms with E-state index in [0.717, 1.165) is 23.4 Å². The number of alkyl halides is 2. The first-order valence-corrected chi connectivity index (χ1v) is 6.14. The minimum Gasteiger partial charge on any atom is -0.488 e. The molecule has 0 aromatic heterocycles. The Balaban J connectivity index is 0.00000200. The van der Waals surface area contributed by atoms with Crippen molar-refractivity contribution in [2.45, 2.75) is 19.8 Å². The van der Waals surface area contributed by atoms with E-state index in [1.165, 1.54) is 0 Å². The van der Waals surface area contributed by atoms with Crippen molar-refractivity contribution in [3.05, 3.63) is 48.2 Å². The topological polar surface area (TPSA) is 21.3 Å². The first kappa shape index (κ1) is 17.3. The van der Waals surface area contributed by atoms with Crippen LogP contribution in [0.2, 0.25) is 0 Å². The molecule has 1 aliphatic rings. The summed E-state index contributed by atoms with van der Waals surface area (Å²) in [6.07, 6.45) is 1.64. The first-order valence-electron chi connectivity index (χ1n) is 6.14. The van der Waals surface area contributed by atoms with Gasteiger partial charge in [-0.3, -0.25) is 0 Å². The zero-order valence-electron chi connectivity index (χ0n) is 11.3. The largest absolute Gasteiger partial charge is 0.488 e. The van der Waals surface area contributed by atoms with Crippen LogP contribution >= 0.6 is 0 Å². The van der Waals surface area contributed by atoms with Gasteiger partial charge in [0.05, 0.1) is 0 Å². The molecule has 1 aromatic rings. The Kier molecular flexibility index (Phi) is 6.83. The van der Waals surface area contributed by atoms with Crippen LogP contribution in [0.5, 0.6) is 5.75 Å². The van der Waals surface area contributed by atoms with Crippen LogP contribution in [-0.4, -0.2) is 13.0 Å². The summed E-state index contributed by atoms with van der Waals surface area (Å²) in [5, 5.41) is 3.20. The predicted molar refractivity (Wildman–Crippen MR) is 70.6 cm³/mol. The Morgan fingerprint density at radius 3 is 2.60 bits per heavy atom. The molecular weight excluding hydrogens is 337 g/mol. The Morgan fingerprint density at radius 1 is 1.40 bits per heavy atom. The van der Waals surface area contributed by atoms with Crippen LogP contribution in [0.1, 0.15) is 18.9 Å². The van der Waals surface area contributed by atoms with Crippen LogP contribution in [0, 0.1) is 12.0 Å². The summed E-state index contributed by atoms with van der Waals surface area (Å²) in [6, 6.07) is 6.99. The SMILES string of the molecule is C=C1NC(c2ccc(OCC(F)F)cc2)=[C-]CC1C.[Y]. The fourth-order valence-corrected chi connectivity index (χ4v) is 1.76. The molecule has 1 radical (unpaired) electrons. The summed E-state index contributed by atoms with van der Waals surface area (Å²) in [4.78, 5) is 0. The third-order valence-electron chi connectivity index (χ3n) is 2.98. The van der Waals surface area contributed by atoms with Crippen molar-refractivity contribution in [1.82, 2.24) is 5.32 Å². The van der Waals surface area contributed by atoms with Gasteiger partial charge in [-0.05, 0) is 18.1 Å². The van der Waals surface area contributed by atoms with Gasteiger partial charge >= 0.3 is 0 Å². The molecule has 2 nitrogen and oxygen atoms in total. The standard InChI is InChI=1S/C15H16F2NO.Y/c1-10-3-8-14(18-11(10)2)12-4-6-13(7-5-12)19-9-15(16)17;/h4-7,10,15,18H,2-3,9H2,1H3;/q-1;. The molecule has 1 aromatic carbocycles. The number of rotatable bonds is 4. The van der Waals surface area contributed by atoms with Crippen LogP contribution in [-0.2, 0) is 32.7 Å². The van der Waals surface area contributed by atoms with Crippen LogP contribution in [0.25, 0.3) is 5.70 Å². The molecule has 0 saturated carbocycles. The van der Waals surface area contributed by atoms with E-state index in [9.17, 15) is 8.78 Å². The number of benzene rings is 1. The molecule has 1 heterocycles. The van der Waals surface area contributed by atoms with E-state index >= 15 is 0 Å². The van der Waals surface area contributed by atoms with Gasteiger partial charge in [0.25, 0.3) is 6.43 Å². The molecule has 105 valence electrons. The maximum Gasteiger partial charge on any atom is 0.272 e. The van der Waals surface area contributed by atoms with E-state index in [1.807, 2.05) is 12.1 Å². The van der Waals surface area contributed by atoms with Crippen molar-refractivity contribution in [3.63, 3.8) is 0 Å². The van der Waals surface area contributed by atoms with Gasteiger partial charge in [-0.15, -0.1) is 24.3 Å². The molecule has 5 heteroatoms. The summed E-state index contributed by atoms with van der Waals surface area (Å²) < 4.78 is 29.0. The molecule has 0 aliphatic carbocycles. The molecule has 1 unspecified atom stereocenters. The van der Waals surface area contributed by atoms with Crippen LogP contribution in [0.4, 0.5) is 8.78 Å². The molecule has 0 amide bonds. The Bertz CT molecular complexity index is 485. The number of halogens is 2. The van der Waals surface area contributed by atoms with E-state index in [4.69, 9.17) is 4.74 Å². The molecule has 0 saturated heterocycles. The second-order valence-corrected chi connectivity index (χ2v) is 4.53. The summed E-state index contributed by atoms with van der Waals surface area (Å²) in [7, 11) is 0. The van der Waals surface area contributed by atoms with Gasteiger partial charge in [-0.25, -0.2) is 14.9 Å². The number of nitrogens with one attached hydrogen (secondary N) is 1. The van der Waals surface area contributed by atoms with Crippen molar-refractivity contribution < 1.29 is 46.2 Å². The molecule has 0 spiro atoms. The number of hydrogen-bond donors (Lipinski definition) is 1. The van der Waals surface area contributed by atoms with E-state index in [-0.39, 0.29) is 32.7 Å². The second-order valence-electron chi connectivity index (χ2n) is 4.53. The average Bonchev–Trinajstić information content (AvgIpc) is 2.40. The zero-order valence-corrected chi connectivity index (χ0v) is 14.2. The summed E-state index contributed by atoms with van der Waals surface area (Å²) >= 11 is 0.